The zero-order chi connectivity index (χ0) is 24.3. The van der Waals surface area contributed by atoms with E-state index in [2.05, 4.69) is 115 Å². The molecular weight excluding hydrogens is 448 g/mol. The van der Waals surface area contributed by atoms with Crippen LogP contribution in [0.5, 0.6) is 0 Å². The quantitative estimate of drug-likeness (QED) is 0.234. The summed E-state index contributed by atoms with van der Waals surface area (Å²) in [5.74, 6) is 0. The van der Waals surface area contributed by atoms with Crippen LogP contribution in [0, 0.1) is 0 Å². The molecule has 8 aromatic rings. The van der Waals surface area contributed by atoms with Gasteiger partial charge in [0.2, 0.25) is 0 Å². The third kappa shape index (κ3) is 2.98. The standard InChI is InChI=1S/C36H22O/c1-3-9-23(10-4-1)26-17-15-25-16-18-29-31(24-11-5-2-6-12-24)21-32(30-20-19-28(26)35(25)36(29)30)33-22-37-34-14-8-7-13-27(33)34/h1-22H. The second-order valence-corrected chi connectivity index (χ2v) is 9.71. The fraction of sp³-hybridized carbons (Fsp3) is 0. The van der Waals surface area contributed by atoms with Crippen LogP contribution in [0.25, 0.3) is 76.7 Å². The van der Waals surface area contributed by atoms with Gasteiger partial charge in [0.05, 0.1) is 6.26 Å². The van der Waals surface area contributed by atoms with Gasteiger partial charge in [-0.2, -0.15) is 0 Å². The number of hydrogen-bond acceptors (Lipinski definition) is 1. The summed E-state index contributed by atoms with van der Waals surface area (Å²) in [7, 11) is 0. The molecule has 1 heterocycles. The largest absolute Gasteiger partial charge is 0.464 e. The van der Waals surface area contributed by atoms with E-state index in [0.717, 1.165) is 16.5 Å². The van der Waals surface area contributed by atoms with Crippen molar-refractivity contribution in [2.24, 2.45) is 0 Å². The van der Waals surface area contributed by atoms with Crippen molar-refractivity contribution in [2.45, 2.75) is 0 Å². The predicted molar refractivity (Wildman–Crippen MR) is 156 cm³/mol. The van der Waals surface area contributed by atoms with Crippen molar-refractivity contribution in [2.75, 3.05) is 0 Å². The Morgan fingerprint density at radius 1 is 0.378 bits per heavy atom. The van der Waals surface area contributed by atoms with E-state index in [1.54, 1.807) is 0 Å². The molecule has 0 fully saturated rings. The minimum Gasteiger partial charge on any atom is -0.464 e. The Kier molecular flexibility index (Phi) is 4.29. The summed E-state index contributed by atoms with van der Waals surface area (Å²) in [5, 5.41) is 8.86. The van der Waals surface area contributed by atoms with E-state index in [-0.39, 0.29) is 0 Å². The zero-order valence-electron chi connectivity index (χ0n) is 20.1. The first-order chi connectivity index (χ1) is 18.4. The molecule has 0 saturated heterocycles. The molecule has 0 spiro atoms. The van der Waals surface area contributed by atoms with Crippen LogP contribution in [-0.2, 0) is 0 Å². The fourth-order valence-electron chi connectivity index (χ4n) is 6.03. The van der Waals surface area contributed by atoms with Gasteiger partial charge in [0.25, 0.3) is 0 Å². The monoisotopic (exact) mass is 470 g/mol. The van der Waals surface area contributed by atoms with Gasteiger partial charge < -0.3 is 4.42 Å². The second-order valence-electron chi connectivity index (χ2n) is 9.71. The Labute approximate surface area is 214 Å². The topological polar surface area (TPSA) is 13.1 Å². The fourth-order valence-corrected chi connectivity index (χ4v) is 6.03. The molecular formula is C36H22O. The summed E-state index contributed by atoms with van der Waals surface area (Å²) in [6.45, 7) is 0. The average Bonchev–Trinajstić information content (AvgIpc) is 3.40. The number of rotatable bonds is 3. The third-order valence-corrected chi connectivity index (χ3v) is 7.72. The lowest BCUT2D eigenvalue weighted by molar-refractivity contribution is 0.617. The van der Waals surface area contributed by atoms with Crippen molar-refractivity contribution in [1.82, 2.24) is 0 Å². The van der Waals surface area contributed by atoms with Crippen molar-refractivity contribution in [3.8, 4) is 33.4 Å². The average molecular weight is 471 g/mol. The number of hydrogen-bond donors (Lipinski definition) is 0. The number of furan rings is 1. The van der Waals surface area contributed by atoms with Gasteiger partial charge in [-0.1, -0.05) is 115 Å². The summed E-state index contributed by atoms with van der Waals surface area (Å²) in [5.41, 5.74) is 8.22. The second kappa shape index (κ2) is 7.81. The Bertz CT molecular complexity index is 2060. The normalized spacial score (nSPS) is 11.8. The molecule has 0 aliphatic rings. The molecule has 0 unspecified atom stereocenters. The molecule has 1 aromatic heterocycles. The van der Waals surface area contributed by atoms with E-state index in [9.17, 15) is 0 Å². The van der Waals surface area contributed by atoms with Crippen LogP contribution in [0.1, 0.15) is 0 Å². The number of para-hydroxylation sites is 1. The van der Waals surface area contributed by atoms with Crippen LogP contribution < -0.4 is 0 Å². The van der Waals surface area contributed by atoms with Gasteiger partial charge in [-0.3, -0.25) is 0 Å². The van der Waals surface area contributed by atoms with Gasteiger partial charge in [0, 0.05) is 10.9 Å². The molecule has 1 nitrogen and oxygen atoms in total. The van der Waals surface area contributed by atoms with Crippen molar-refractivity contribution >= 4 is 43.3 Å². The van der Waals surface area contributed by atoms with Crippen LogP contribution in [0.4, 0.5) is 0 Å². The van der Waals surface area contributed by atoms with Crippen molar-refractivity contribution in [3.05, 3.63) is 134 Å². The number of benzene rings is 7. The van der Waals surface area contributed by atoms with E-state index in [1.807, 2.05) is 18.4 Å². The van der Waals surface area contributed by atoms with Crippen LogP contribution >= 0.6 is 0 Å². The molecule has 37 heavy (non-hydrogen) atoms. The summed E-state index contributed by atoms with van der Waals surface area (Å²) in [6, 6.07) is 45.8. The van der Waals surface area contributed by atoms with Crippen LogP contribution in [-0.4, -0.2) is 0 Å². The SMILES string of the molecule is c1ccc(-c2ccc3ccc4c(-c5ccccc5)cc(-c5coc6ccccc56)c5ccc2c3c45)cc1. The Morgan fingerprint density at radius 3 is 1.76 bits per heavy atom. The maximum Gasteiger partial charge on any atom is 0.134 e. The molecule has 0 aliphatic carbocycles. The van der Waals surface area contributed by atoms with E-state index in [0.29, 0.717) is 0 Å². The summed E-state index contributed by atoms with van der Waals surface area (Å²) in [4.78, 5) is 0. The highest BCUT2D eigenvalue weighted by molar-refractivity contribution is 6.30. The number of fused-ring (bicyclic) bond motifs is 1. The van der Waals surface area contributed by atoms with Crippen LogP contribution in [0.2, 0.25) is 0 Å². The highest BCUT2D eigenvalue weighted by Crippen LogP contribution is 2.47. The van der Waals surface area contributed by atoms with E-state index < -0.39 is 0 Å². The Hall–Kier alpha value is -4.88. The highest BCUT2D eigenvalue weighted by atomic mass is 16.3. The molecule has 0 amide bonds. The van der Waals surface area contributed by atoms with Gasteiger partial charge in [0.15, 0.2) is 0 Å². The minimum atomic E-state index is 0.913. The molecule has 0 bridgehead atoms. The van der Waals surface area contributed by atoms with Gasteiger partial charge in [0.1, 0.15) is 5.58 Å². The van der Waals surface area contributed by atoms with E-state index >= 15 is 0 Å². The lowest BCUT2D eigenvalue weighted by Crippen LogP contribution is -1.92. The zero-order valence-corrected chi connectivity index (χ0v) is 20.1. The first-order valence-corrected chi connectivity index (χ1v) is 12.7. The maximum atomic E-state index is 6.02. The molecule has 172 valence electrons. The minimum absolute atomic E-state index is 0.913. The van der Waals surface area contributed by atoms with Crippen LogP contribution in [0.3, 0.4) is 0 Å². The summed E-state index contributed by atoms with van der Waals surface area (Å²) < 4.78 is 6.02. The van der Waals surface area contributed by atoms with Gasteiger partial charge >= 0.3 is 0 Å². The lowest BCUT2D eigenvalue weighted by atomic mass is 9.84. The molecule has 1 heteroatoms. The maximum absolute atomic E-state index is 6.02. The van der Waals surface area contributed by atoms with Crippen molar-refractivity contribution in [3.63, 3.8) is 0 Å². The Morgan fingerprint density at radius 2 is 0.973 bits per heavy atom. The summed E-state index contributed by atoms with van der Waals surface area (Å²) in [6.07, 6.45) is 1.92. The van der Waals surface area contributed by atoms with Gasteiger partial charge in [-0.15, -0.1) is 0 Å². The molecule has 0 aliphatic heterocycles. The molecule has 0 radical (unpaired) electrons. The molecule has 0 saturated carbocycles. The smallest absolute Gasteiger partial charge is 0.134 e. The first-order valence-electron chi connectivity index (χ1n) is 12.7. The third-order valence-electron chi connectivity index (χ3n) is 7.72. The molecule has 8 rings (SSSR count). The molecule has 0 N–H and O–H groups in total. The predicted octanol–water partition coefficient (Wildman–Crippen LogP) is 10.3. The van der Waals surface area contributed by atoms with Gasteiger partial charge in [-0.25, -0.2) is 0 Å². The van der Waals surface area contributed by atoms with Gasteiger partial charge in [-0.05, 0) is 72.3 Å². The Balaban J connectivity index is 1.56. The van der Waals surface area contributed by atoms with Crippen molar-refractivity contribution in [1.29, 1.82) is 0 Å². The van der Waals surface area contributed by atoms with Crippen LogP contribution in [0.15, 0.2) is 138 Å². The van der Waals surface area contributed by atoms with E-state index in [4.69, 9.17) is 4.42 Å². The van der Waals surface area contributed by atoms with Crippen molar-refractivity contribution < 1.29 is 4.42 Å². The molecule has 0 atom stereocenters. The molecule has 7 aromatic carbocycles. The highest BCUT2D eigenvalue weighted by Gasteiger charge is 2.20. The lowest BCUT2D eigenvalue weighted by Gasteiger charge is -2.19. The summed E-state index contributed by atoms with van der Waals surface area (Å²) >= 11 is 0. The van der Waals surface area contributed by atoms with E-state index in [1.165, 1.54) is 60.1 Å². The first kappa shape index (κ1) is 20.3.